The van der Waals surface area contributed by atoms with Crippen molar-refractivity contribution in [3.05, 3.63) is 69.9 Å². The minimum absolute atomic E-state index is 0.000937. The highest BCUT2D eigenvalue weighted by molar-refractivity contribution is 9.10. The van der Waals surface area contributed by atoms with Gasteiger partial charge in [0, 0.05) is 11.0 Å². The third-order valence-corrected chi connectivity index (χ3v) is 4.43. The molecule has 0 bridgehead atoms. The van der Waals surface area contributed by atoms with Gasteiger partial charge in [0.25, 0.3) is 0 Å². The molecule has 1 heterocycles. The van der Waals surface area contributed by atoms with Gasteiger partial charge < -0.3 is 9.64 Å². The number of morpholine rings is 1. The van der Waals surface area contributed by atoms with Gasteiger partial charge in [-0.3, -0.25) is 4.79 Å². The standard InChI is InChI=1S/C18H17BrFNO2/c19-15-6-4-14(5-7-15)17-12-21(8-9-23-17)18(22)11-13-2-1-3-16(20)10-13/h1-7,10,17H,8-9,11-12H2. The van der Waals surface area contributed by atoms with E-state index in [0.717, 1.165) is 10.0 Å². The molecule has 0 spiro atoms. The molecular formula is C18H17BrFNO2. The number of carbonyl (C=O) groups excluding carboxylic acids is 1. The molecule has 1 saturated heterocycles. The summed E-state index contributed by atoms with van der Waals surface area (Å²) in [7, 11) is 0. The van der Waals surface area contributed by atoms with Gasteiger partial charge in [-0.25, -0.2) is 4.39 Å². The average molecular weight is 378 g/mol. The van der Waals surface area contributed by atoms with Gasteiger partial charge in [0.15, 0.2) is 0 Å². The molecule has 120 valence electrons. The van der Waals surface area contributed by atoms with Gasteiger partial charge in [0.1, 0.15) is 11.9 Å². The Hall–Kier alpha value is -1.72. The van der Waals surface area contributed by atoms with E-state index < -0.39 is 0 Å². The third kappa shape index (κ3) is 4.18. The fraction of sp³-hybridized carbons (Fsp3) is 0.278. The summed E-state index contributed by atoms with van der Waals surface area (Å²) in [5.74, 6) is -0.314. The van der Waals surface area contributed by atoms with Crippen molar-refractivity contribution in [1.29, 1.82) is 0 Å². The Morgan fingerprint density at radius 3 is 2.78 bits per heavy atom. The summed E-state index contributed by atoms with van der Waals surface area (Å²) in [4.78, 5) is 14.2. The van der Waals surface area contributed by atoms with Crippen LogP contribution in [0.25, 0.3) is 0 Å². The topological polar surface area (TPSA) is 29.5 Å². The molecule has 1 fully saturated rings. The van der Waals surface area contributed by atoms with Crippen LogP contribution in [-0.4, -0.2) is 30.5 Å². The second-order valence-electron chi connectivity index (χ2n) is 5.56. The lowest BCUT2D eigenvalue weighted by molar-refractivity contribution is -0.138. The summed E-state index contributed by atoms with van der Waals surface area (Å²) >= 11 is 3.41. The maximum absolute atomic E-state index is 13.2. The van der Waals surface area contributed by atoms with Crippen LogP contribution in [0.2, 0.25) is 0 Å². The van der Waals surface area contributed by atoms with Crippen molar-refractivity contribution in [2.75, 3.05) is 19.7 Å². The van der Waals surface area contributed by atoms with Crippen molar-refractivity contribution in [3.8, 4) is 0 Å². The molecule has 23 heavy (non-hydrogen) atoms. The van der Waals surface area contributed by atoms with E-state index in [0.29, 0.717) is 25.3 Å². The molecule has 0 aliphatic carbocycles. The number of halogens is 2. The van der Waals surface area contributed by atoms with Crippen LogP contribution in [0.4, 0.5) is 4.39 Å². The zero-order chi connectivity index (χ0) is 16.2. The lowest BCUT2D eigenvalue weighted by Crippen LogP contribution is -2.43. The molecule has 0 N–H and O–H groups in total. The van der Waals surface area contributed by atoms with Crippen LogP contribution in [-0.2, 0) is 16.0 Å². The van der Waals surface area contributed by atoms with Gasteiger partial charge >= 0.3 is 0 Å². The molecule has 1 amide bonds. The molecule has 1 aliphatic rings. The van der Waals surface area contributed by atoms with Gasteiger partial charge in [-0.1, -0.05) is 40.2 Å². The number of ether oxygens (including phenoxy) is 1. The number of hydrogen-bond donors (Lipinski definition) is 0. The number of carbonyl (C=O) groups is 1. The molecule has 0 aromatic heterocycles. The van der Waals surface area contributed by atoms with E-state index in [-0.39, 0.29) is 24.2 Å². The molecular weight excluding hydrogens is 361 g/mol. The summed E-state index contributed by atoms with van der Waals surface area (Å²) in [5, 5.41) is 0. The average Bonchev–Trinajstić information content (AvgIpc) is 2.56. The van der Waals surface area contributed by atoms with Crippen molar-refractivity contribution in [3.63, 3.8) is 0 Å². The first-order chi connectivity index (χ1) is 11.1. The highest BCUT2D eigenvalue weighted by Crippen LogP contribution is 2.24. The Kier molecular flexibility index (Phi) is 5.08. The minimum Gasteiger partial charge on any atom is -0.370 e. The summed E-state index contributed by atoms with van der Waals surface area (Å²) in [5.41, 5.74) is 1.75. The van der Waals surface area contributed by atoms with Gasteiger partial charge in [-0.15, -0.1) is 0 Å². The fourth-order valence-electron chi connectivity index (χ4n) is 2.69. The van der Waals surface area contributed by atoms with Crippen LogP contribution in [0, 0.1) is 5.82 Å². The van der Waals surface area contributed by atoms with E-state index >= 15 is 0 Å². The maximum Gasteiger partial charge on any atom is 0.227 e. The van der Waals surface area contributed by atoms with Gasteiger partial charge in [0.05, 0.1) is 19.6 Å². The maximum atomic E-state index is 13.2. The Bertz CT molecular complexity index is 690. The molecule has 3 rings (SSSR count). The van der Waals surface area contributed by atoms with E-state index in [1.54, 1.807) is 17.0 Å². The van der Waals surface area contributed by atoms with Crippen LogP contribution in [0.1, 0.15) is 17.2 Å². The summed E-state index contributed by atoms with van der Waals surface area (Å²) in [6.45, 7) is 1.60. The number of nitrogens with zero attached hydrogens (tertiary/aromatic N) is 1. The highest BCUT2D eigenvalue weighted by atomic mass is 79.9. The zero-order valence-electron chi connectivity index (χ0n) is 12.5. The Morgan fingerprint density at radius 1 is 1.26 bits per heavy atom. The normalized spacial score (nSPS) is 18.0. The van der Waals surface area contributed by atoms with Gasteiger partial charge in [0.2, 0.25) is 5.91 Å². The number of hydrogen-bond acceptors (Lipinski definition) is 2. The first-order valence-corrected chi connectivity index (χ1v) is 8.30. The highest BCUT2D eigenvalue weighted by Gasteiger charge is 2.25. The van der Waals surface area contributed by atoms with Crippen LogP contribution in [0.5, 0.6) is 0 Å². The molecule has 2 aromatic rings. The molecule has 1 aliphatic heterocycles. The predicted octanol–water partition coefficient (Wildman–Crippen LogP) is 3.73. The first-order valence-electron chi connectivity index (χ1n) is 7.51. The molecule has 2 aromatic carbocycles. The lowest BCUT2D eigenvalue weighted by atomic mass is 10.1. The first kappa shape index (κ1) is 16.1. The van der Waals surface area contributed by atoms with E-state index in [4.69, 9.17) is 4.74 Å². The lowest BCUT2D eigenvalue weighted by Gasteiger charge is -2.33. The third-order valence-electron chi connectivity index (χ3n) is 3.91. The zero-order valence-corrected chi connectivity index (χ0v) is 14.1. The van der Waals surface area contributed by atoms with Crippen LogP contribution in [0.15, 0.2) is 53.0 Å². The van der Waals surface area contributed by atoms with E-state index in [1.165, 1.54) is 12.1 Å². The Labute approximate surface area is 143 Å². The number of rotatable bonds is 3. The molecule has 0 radical (unpaired) electrons. The summed E-state index contributed by atoms with van der Waals surface area (Å²) < 4.78 is 20.0. The summed E-state index contributed by atoms with van der Waals surface area (Å²) in [6.07, 6.45) is 0.0958. The van der Waals surface area contributed by atoms with E-state index in [2.05, 4.69) is 15.9 Å². The Morgan fingerprint density at radius 2 is 2.04 bits per heavy atom. The molecule has 3 nitrogen and oxygen atoms in total. The van der Waals surface area contributed by atoms with Crippen molar-refractivity contribution in [2.24, 2.45) is 0 Å². The minimum atomic E-state index is -0.315. The van der Waals surface area contributed by atoms with Crippen molar-refractivity contribution in [1.82, 2.24) is 4.90 Å². The predicted molar refractivity (Wildman–Crippen MR) is 89.5 cm³/mol. The van der Waals surface area contributed by atoms with Gasteiger partial charge in [-0.05, 0) is 35.4 Å². The molecule has 5 heteroatoms. The smallest absolute Gasteiger partial charge is 0.227 e. The molecule has 1 atom stereocenters. The van der Waals surface area contributed by atoms with E-state index in [9.17, 15) is 9.18 Å². The molecule has 1 unspecified atom stereocenters. The second-order valence-corrected chi connectivity index (χ2v) is 6.47. The van der Waals surface area contributed by atoms with Crippen molar-refractivity contribution >= 4 is 21.8 Å². The van der Waals surface area contributed by atoms with Crippen LogP contribution < -0.4 is 0 Å². The number of benzene rings is 2. The van der Waals surface area contributed by atoms with Crippen molar-refractivity contribution in [2.45, 2.75) is 12.5 Å². The fourth-order valence-corrected chi connectivity index (χ4v) is 2.95. The largest absolute Gasteiger partial charge is 0.370 e. The van der Waals surface area contributed by atoms with Crippen molar-refractivity contribution < 1.29 is 13.9 Å². The summed E-state index contributed by atoms with van der Waals surface area (Å²) in [6, 6.07) is 14.1. The van der Waals surface area contributed by atoms with E-state index in [1.807, 2.05) is 24.3 Å². The monoisotopic (exact) mass is 377 g/mol. The molecule has 0 saturated carbocycles. The Balaban J connectivity index is 1.65. The quantitative estimate of drug-likeness (QED) is 0.815. The van der Waals surface area contributed by atoms with Gasteiger partial charge in [-0.2, -0.15) is 0 Å². The van der Waals surface area contributed by atoms with Crippen LogP contribution >= 0.6 is 15.9 Å². The number of amides is 1. The van der Waals surface area contributed by atoms with Crippen LogP contribution in [0.3, 0.4) is 0 Å². The SMILES string of the molecule is O=C(Cc1cccc(F)c1)N1CCOC(c2ccc(Br)cc2)C1. The second kappa shape index (κ2) is 7.23.